The van der Waals surface area contributed by atoms with Crippen LogP contribution in [0.2, 0.25) is 0 Å². The molecule has 1 N–H and O–H groups in total. The van der Waals surface area contributed by atoms with Crippen molar-refractivity contribution in [1.82, 2.24) is 5.32 Å². The van der Waals surface area contributed by atoms with Gasteiger partial charge in [-0.2, -0.15) is 0 Å². The highest BCUT2D eigenvalue weighted by molar-refractivity contribution is 7.09. The van der Waals surface area contributed by atoms with Gasteiger partial charge in [-0.3, -0.25) is 0 Å². The molecule has 2 heteroatoms. The highest BCUT2D eigenvalue weighted by atomic mass is 32.1. The lowest BCUT2D eigenvalue weighted by molar-refractivity contribution is 0.503. The van der Waals surface area contributed by atoms with E-state index in [-0.39, 0.29) is 0 Å². The second-order valence-electron chi connectivity index (χ2n) is 3.78. The Kier molecular flexibility index (Phi) is 5.88. The van der Waals surface area contributed by atoms with Gasteiger partial charge in [0.15, 0.2) is 0 Å². The molecule has 0 fully saturated rings. The summed E-state index contributed by atoms with van der Waals surface area (Å²) in [7, 11) is 0. The lowest BCUT2D eigenvalue weighted by Crippen LogP contribution is -2.25. The molecule has 0 aromatic carbocycles. The van der Waals surface area contributed by atoms with Gasteiger partial charge >= 0.3 is 0 Å². The summed E-state index contributed by atoms with van der Waals surface area (Å²) in [5.41, 5.74) is 0. The van der Waals surface area contributed by atoms with E-state index in [1.165, 1.54) is 30.6 Å². The van der Waals surface area contributed by atoms with Crippen molar-refractivity contribution in [1.29, 1.82) is 0 Å². The van der Waals surface area contributed by atoms with Gasteiger partial charge in [-0.25, -0.2) is 0 Å². The van der Waals surface area contributed by atoms with Crippen molar-refractivity contribution in [2.45, 2.75) is 45.6 Å². The Bertz CT molecular complexity index is 218. The number of aryl methyl sites for hydroxylation is 1. The van der Waals surface area contributed by atoms with Gasteiger partial charge in [-0.15, -0.1) is 11.3 Å². The van der Waals surface area contributed by atoms with Crippen molar-refractivity contribution in [3.63, 3.8) is 0 Å². The summed E-state index contributed by atoms with van der Waals surface area (Å²) in [5.74, 6) is 0. The Morgan fingerprint density at radius 1 is 1.43 bits per heavy atom. The largest absolute Gasteiger partial charge is 0.315 e. The first-order chi connectivity index (χ1) is 6.83. The van der Waals surface area contributed by atoms with E-state index in [0.29, 0.717) is 6.04 Å². The van der Waals surface area contributed by atoms with Crippen molar-refractivity contribution in [2.24, 2.45) is 0 Å². The fraction of sp³-hybridized carbons (Fsp3) is 0.667. The van der Waals surface area contributed by atoms with E-state index in [1.807, 2.05) is 11.3 Å². The minimum Gasteiger partial charge on any atom is -0.315 e. The molecule has 1 aromatic rings. The summed E-state index contributed by atoms with van der Waals surface area (Å²) >= 11 is 1.88. The van der Waals surface area contributed by atoms with Gasteiger partial charge in [0.25, 0.3) is 0 Å². The normalized spacial score (nSPS) is 13.0. The minimum atomic E-state index is 0.684. The van der Waals surface area contributed by atoms with Crippen molar-refractivity contribution < 1.29 is 0 Å². The molecule has 0 amide bonds. The number of hydrogen-bond donors (Lipinski definition) is 1. The Morgan fingerprint density at radius 3 is 2.93 bits per heavy atom. The van der Waals surface area contributed by atoms with E-state index in [9.17, 15) is 0 Å². The Labute approximate surface area is 91.5 Å². The molecule has 0 aliphatic heterocycles. The first-order valence-corrected chi connectivity index (χ1v) is 6.46. The van der Waals surface area contributed by atoms with Crippen molar-refractivity contribution >= 4 is 11.3 Å². The van der Waals surface area contributed by atoms with Crippen LogP contribution in [-0.4, -0.2) is 12.6 Å². The van der Waals surface area contributed by atoms with Crippen LogP contribution in [0.5, 0.6) is 0 Å². The number of unbranched alkanes of at least 4 members (excludes halogenated alkanes) is 1. The predicted octanol–water partition coefficient (Wildman–Crippen LogP) is 3.46. The molecule has 0 saturated heterocycles. The SMILES string of the molecule is CCNC(C)CCCCc1cccs1. The Hall–Kier alpha value is -0.340. The molecule has 0 spiro atoms. The molecule has 1 atom stereocenters. The van der Waals surface area contributed by atoms with Gasteiger partial charge in [-0.05, 0) is 44.2 Å². The van der Waals surface area contributed by atoms with Crippen LogP contribution in [-0.2, 0) is 6.42 Å². The maximum Gasteiger partial charge on any atom is 0.00452 e. The van der Waals surface area contributed by atoms with E-state index in [4.69, 9.17) is 0 Å². The Balaban J connectivity index is 1.99. The van der Waals surface area contributed by atoms with Crippen molar-refractivity contribution in [2.75, 3.05) is 6.54 Å². The molecule has 0 radical (unpaired) electrons. The zero-order valence-corrected chi connectivity index (χ0v) is 10.1. The summed E-state index contributed by atoms with van der Waals surface area (Å²) < 4.78 is 0. The molecule has 0 aliphatic rings. The van der Waals surface area contributed by atoms with E-state index in [1.54, 1.807) is 0 Å². The number of thiophene rings is 1. The van der Waals surface area contributed by atoms with Gasteiger partial charge in [0.2, 0.25) is 0 Å². The van der Waals surface area contributed by atoms with Crippen LogP contribution in [0.15, 0.2) is 17.5 Å². The van der Waals surface area contributed by atoms with Crippen LogP contribution in [0, 0.1) is 0 Å². The van der Waals surface area contributed by atoms with Crippen LogP contribution in [0.25, 0.3) is 0 Å². The zero-order valence-electron chi connectivity index (χ0n) is 9.25. The standard InChI is InChI=1S/C12H21NS/c1-3-13-11(2)7-4-5-8-12-9-6-10-14-12/h6,9-11,13H,3-5,7-8H2,1-2H3. The van der Waals surface area contributed by atoms with E-state index in [0.717, 1.165) is 6.54 Å². The fourth-order valence-corrected chi connectivity index (χ4v) is 2.41. The summed E-state index contributed by atoms with van der Waals surface area (Å²) in [4.78, 5) is 1.53. The zero-order chi connectivity index (χ0) is 10.2. The summed E-state index contributed by atoms with van der Waals surface area (Å²) in [6.07, 6.45) is 5.23. The van der Waals surface area contributed by atoms with Gasteiger partial charge in [-0.1, -0.05) is 19.4 Å². The van der Waals surface area contributed by atoms with Gasteiger partial charge in [0.1, 0.15) is 0 Å². The second kappa shape index (κ2) is 7.02. The van der Waals surface area contributed by atoms with Gasteiger partial charge in [0, 0.05) is 10.9 Å². The number of rotatable bonds is 7. The minimum absolute atomic E-state index is 0.684. The van der Waals surface area contributed by atoms with Gasteiger partial charge in [0.05, 0.1) is 0 Å². The molecule has 1 nitrogen and oxygen atoms in total. The van der Waals surface area contributed by atoms with Crippen LogP contribution in [0.1, 0.15) is 38.0 Å². The van der Waals surface area contributed by atoms with Crippen LogP contribution >= 0.6 is 11.3 Å². The van der Waals surface area contributed by atoms with E-state index in [2.05, 4.69) is 36.7 Å². The molecule has 0 saturated carbocycles. The molecular formula is C12H21NS. The lowest BCUT2D eigenvalue weighted by atomic mass is 10.1. The smallest absolute Gasteiger partial charge is 0.00452 e. The molecule has 1 aromatic heterocycles. The van der Waals surface area contributed by atoms with Gasteiger partial charge < -0.3 is 5.32 Å². The van der Waals surface area contributed by atoms with Crippen LogP contribution in [0.3, 0.4) is 0 Å². The highest BCUT2D eigenvalue weighted by Crippen LogP contribution is 2.13. The quantitative estimate of drug-likeness (QED) is 0.681. The molecule has 1 heterocycles. The summed E-state index contributed by atoms with van der Waals surface area (Å²) in [6, 6.07) is 5.06. The third-order valence-corrected chi connectivity index (χ3v) is 3.38. The average molecular weight is 211 g/mol. The van der Waals surface area contributed by atoms with Crippen molar-refractivity contribution in [3.8, 4) is 0 Å². The third-order valence-electron chi connectivity index (χ3n) is 2.44. The predicted molar refractivity (Wildman–Crippen MR) is 65.0 cm³/mol. The molecule has 0 bridgehead atoms. The van der Waals surface area contributed by atoms with Crippen LogP contribution in [0.4, 0.5) is 0 Å². The van der Waals surface area contributed by atoms with Crippen molar-refractivity contribution in [3.05, 3.63) is 22.4 Å². The van der Waals surface area contributed by atoms with E-state index < -0.39 is 0 Å². The number of nitrogens with one attached hydrogen (secondary N) is 1. The maximum atomic E-state index is 3.44. The fourth-order valence-electron chi connectivity index (χ4n) is 1.66. The molecule has 1 rings (SSSR count). The number of hydrogen-bond acceptors (Lipinski definition) is 2. The summed E-state index contributed by atoms with van der Waals surface area (Å²) in [6.45, 7) is 5.53. The highest BCUT2D eigenvalue weighted by Gasteiger charge is 1.99. The first-order valence-electron chi connectivity index (χ1n) is 5.58. The molecule has 1 unspecified atom stereocenters. The molecule has 14 heavy (non-hydrogen) atoms. The lowest BCUT2D eigenvalue weighted by Gasteiger charge is -2.11. The first kappa shape index (κ1) is 11.7. The third kappa shape index (κ3) is 4.77. The van der Waals surface area contributed by atoms with Crippen LogP contribution < -0.4 is 5.32 Å². The van der Waals surface area contributed by atoms with E-state index >= 15 is 0 Å². The molecule has 80 valence electrons. The maximum absolute atomic E-state index is 3.44. The molecule has 0 aliphatic carbocycles. The monoisotopic (exact) mass is 211 g/mol. The average Bonchev–Trinajstić information content (AvgIpc) is 2.65. The Morgan fingerprint density at radius 2 is 2.29 bits per heavy atom. The topological polar surface area (TPSA) is 12.0 Å². The second-order valence-corrected chi connectivity index (χ2v) is 4.82. The molecular weight excluding hydrogens is 190 g/mol. The summed E-state index contributed by atoms with van der Waals surface area (Å²) in [5, 5.41) is 5.61.